The number of fused-ring (bicyclic) bond motifs is 1. The third kappa shape index (κ3) is 3.12. The van der Waals surface area contributed by atoms with Gasteiger partial charge in [0, 0.05) is 13.1 Å². The molecule has 1 amide bonds. The molecule has 0 fully saturated rings. The molecule has 0 radical (unpaired) electrons. The molecule has 0 spiro atoms. The average molecular weight is 286 g/mol. The Morgan fingerprint density at radius 3 is 2.70 bits per heavy atom. The fourth-order valence-electron chi connectivity index (χ4n) is 2.31. The van der Waals surface area contributed by atoms with Crippen molar-refractivity contribution in [2.45, 2.75) is 38.5 Å². The second-order valence-corrected chi connectivity index (χ2v) is 5.27. The van der Waals surface area contributed by atoms with E-state index >= 15 is 0 Å². The van der Waals surface area contributed by atoms with E-state index in [1.807, 2.05) is 23.5 Å². The zero-order valence-corrected chi connectivity index (χ0v) is 11.3. The normalized spacial score (nSPS) is 18.8. The molecule has 1 aromatic rings. The van der Waals surface area contributed by atoms with Crippen LogP contribution < -0.4 is 10.6 Å². The first-order valence-electron chi connectivity index (χ1n) is 6.50. The van der Waals surface area contributed by atoms with E-state index in [2.05, 4.69) is 19.2 Å². The van der Waals surface area contributed by atoms with E-state index in [0.29, 0.717) is 19.0 Å². The van der Waals surface area contributed by atoms with E-state index < -0.39 is 18.1 Å². The molecule has 0 bridgehead atoms. The molecule has 0 saturated heterocycles. The van der Waals surface area contributed by atoms with Gasteiger partial charge in [0.05, 0.1) is 6.04 Å². The summed E-state index contributed by atoms with van der Waals surface area (Å²) in [6.07, 6.45) is -4.85. The Balaban J connectivity index is 2.23. The lowest BCUT2D eigenvalue weighted by molar-refractivity contribution is -0.174. The highest BCUT2D eigenvalue weighted by Gasteiger charge is 2.40. The highest BCUT2D eigenvalue weighted by molar-refractivity contribution is 5.82. The summed E-state index contributed by atoms with van der Waals surface area (Å²) in [6, 6.07) is 5.06. The molecule has 1 atom stereocenters. The standard InChI is InChI=1S/C14H17F3N2O/c1-8(2)9-3-4-11-10(5-9)6-18-7-12(11)19-13(20)14(15,16)17/h3-5,8,12,18H,6-7H2,1-2H3,(H,19,20). The fourth-order valence-corrected chi connectivity index (χ4v) is 2.31. The SMILES string of the molecule is CC(C)c1ccc2c(c1)CNCC2NC(=O)C(F)(F)F. The molecular weight excluding hydrogens is 269 g/mol. The molecule has 1 unspecified atom stereocenters. The van der Waals surface area contributed by atoms with Gasteiger partial charge in [-0.1, -0.05) is 32.0 Å². The van der Waals surface area contributed by atoms with Gasteiger partial charge in [0.2, 0.25) is 0 Å². The molecule has 6 heteroatoms. The van der Waals surface area contributed by atoms with Crippen LogP contribution in [0.5, 0.6) is 0 Å². The molecular formula is C14H17F3N2O. The van der Waals surface area contributed by atoms with Crippen molar-refractivity contribution in [3.8, 4) is 0 Å². The van der Waals surface area contributed by atoms with Gasteiger partial charge in [0.15, 0.2) is 0 Å². The van der Waals surface area contributed by atoms with Crippen LogP contribution in [-0.2, 0) is 11.3 Å². The van der Waals surface area contributed by atoms with Gasteiger partial charge >= 0.3 is 12.1 Å². The molecule has 20 heavy (non-hydrogen) atoms. The Kier molecular flexibility index (Phi) is 4.04. The van der Waals surface area contributed by atoms with Crippen molar-refractivity contribution < 1.29 is 18.0 Å². The van der Waals surface area contributed by atoms with E-state index in [9.17, 15) is 18.0 Å². The Labute approximate surface area is 115 Å². The molecule has 1 heterocycles. The van der Waals surface area contributed by atoms with Crippen LogP contribution in [0, 0.1) is 0 Å². The van der Waals surface area contributed by atoms with Crippen molar-refractivity contribution in [2.24, 2.45) is 0 Å². The van der Waals surface area contributed by atoms with Crippen molar-refractivity contribution in [3.63, 3.8) is 0 Å². The molecule has 0 aromatic heterocycles. The number of halogens is 3. The minimum absolute atomic E-state index is 0.301. The Morgan fingerprint density at radius 2 is 2.10 bits per heavy atom. The van der Waals surface area contributed by atoms with Crippen molar-refractivity contribution in [3.05, 3.63) is 34.9 Å². The largest absolute Gasteiger partial charge is 0.471 e. The summed E-state index contributed by atoms with van der Waals surface area (Å²) in [4.78, 5) is 11.1. The topological polar surface area (TPSA) is 41.1 Å². The van der Waals surface area contributed by atoms with Crippen LogP contribution in [0.25, 0.3) is 0 Å². The van der Waals surface area contributed by atoms with E-state index in [0.717, 1.165) is 16.7 Å². The third-order valence-corrected chi connectivity index (χ3v) is 3.44. The van der Waals surface area contributed by atoms with Gasteiger partial charge in [0.25, 0.3) is 0 Å². The van der Waals surface area contributed by atoms with Crippen LogP contribution in [0.4, 0.5) is 13.2 Å². The van der Waals surface area contributed by atoms with Crippen molar-refractivity contribution >= 4 is 5.91 Å². The molecule has 1 aliphatic heterocycles. The van der Waals surface area contributed by atoms with E-state index in [4.69, 9.17) is 0 Å². The van der Waals surface area contributed by atoms with Gasteiger partial charge in [-0.3, -0.25) is 4.79 Å². The van der Waals surface area contributed by atoms with Crippen molar-refractivity contribution in [1.82, 2.24) is 10.6 Å². The first-order chi connectivity index (χ1) is 9.29. The van der Waals surface area contributed by atoms with Gasteiger partial charge in [-0.25, -0.2) is 0 Å². The van der Waals surface area contributed by atoms with Crippen LogP contribution in [0.15, 0.2) is 18.2 Å². The average Bonchev–Trinajstić information content (AvgIpc) is 2.37. The van der Waals surface area contributed by atoms with Crippen LogP contribution >= 0.6 is 0 Å². The lowest BCUT2D eigenvalue weighted by Crippen LogP contribution is -2.44. The number of amides is 1. The monoisotopic (exact) mass is 286 g/mol. The number of benzene rings is 1. The number of alkyl halides is 3. The van der Waals surface area contributed by atoms with E-state index in [1.165, 1.54) is 0 Å². The van der Waals surface area contributed by atoms with Crippen LogP contribution in [0.3, 0.4) is 0 Å². The van der Waals surface area contributed by atoms with Gasteiger partial charge in [-0.15, -0.1) is 0 Å². The number of hydrogen-bond acceptors (Lipinski definition) is 2. The summed E-state index contributed by atoms with van der Waals surface area (Å²) in [5.74, 6) is -1.55. The third-order valence-electron chi connectivity index (χ3n) is 3.44. The second-order valence-electron chi connectivity index (χ2n) is 5.27. The summed E-state index contributed by atoms with van der Waals surface area (Å²) < 4.78 is 37.0. The highest BCUT2D eigenvalue weighted by atomic mass is 19.4. The Morgan fingerprint density at radius 1 is 1.40 bits per heavy atom. The van der Waals surface area contributed by atoms with E-state index in [-0.39, 0.29) is 0 Å². The summed E-state index contributed by atoms with van der Waals surface area (Å²) in [5.41, 5.74) is 2.83. The maximum absolute atomic E-state index is 12.3. The number of carbonyl (C=O) groups excluding carboxylic acids is 1. The number of nitrogens with one attached hydrogen (secondary N) is 2. The van der Waals surface area contributed by atoms with Crippen molar-refractivity contribution in [2.75, 3.05) is 6.54 Å². The Hall–Kier alpha value is -1.56. The molecule has 1 aliphatic rings. The van der Waals surface area contributed by atoms with E-state index in [1.54, 1.807) is 0 Å². The molecule has 0 aliphatic carbocycles. The maximum Gasteiger partial charge on any atom is 0.471 e. The summed E-state index contributed by atoms with van der Waals surface area (Å²) >= 11 is 0. The summed E-state index contributed by atoms with van der Waals surface area (Å²) in [5, 5.41) is 5.07. The van der Waals surface area contributed by atoms with Crippen LogP contribution in [0.2, 0.25) is 0 Å². The predicted molar refractivity (Wildman–Crippen MR) is 69.2 cm³/mol. The zero-order chi connectivity index (χ0) is 14.9. The summed E-state index contributed by atoms with van der Waals surface area (Å²) in [6.45, 7) is 5.02. The minimum atomic E-state index is -4.85. The molecule has 1 aromatic carbocycles. The van der Waals surface area contributed by atoms with Crippen molar-refractivity contribution in [1.29, 1.82) is 0 Å². The lowest BCUT2D eigenvalue weighted by atomic mass is 9.91. The maximum atomic E-state index is 12.3. The molecule has 3 nitrogen and oxygen atoms in total. The lowest BCUT2D eigenvalue weighted by Gasteiger charge is -2.28. The fraction of sp³-hybridized carbons (Fsp3) is 0.500. The first-order valence-corrected chi connectivity index (χ1v) is 6.50. The smallest absolute Gasteiger partial charge is 0.340 e. The van der Waals surface area contributed by atoms with Gasteiger partial charge in [-0.2, -0.15) is 13.2 Å². The van der Waals surface area contributed by atoms with Gasteiger partial charge in [-0.05, 0) is 22.6 Å². The number of hydrogen-bond donors (Lipinski definition) is 2. The zero-order valence-electron chi connectivity index (χ0n) is 11.3. The van der Waals surface area contributed by atoms with Gasteiger partial charge < -0.3 is 10.6 Å². The minimum Gasteiger partial charge on any atom is -0.340 e. The van der Waals surface area contributed by atoms with Crippen LogP contribution in [-0.4, -0.2) is 18.6 Å². The predicted octanol–water partition coefficient (Wildman–Crippen LogP) is 2.63. The number of carbonyl (C=O) groups is 1. The second kappa shape index (κ2) is 5.44. The molecule has 110 valence electrons. The quantitative estimate of drug-likeness (QED) is 0.877. The molecule has 2 rings (SSSR count). The highest BCUT2D eigenvalue weighted by Crippen LogP contribution is 2.27. The first kappa shape index (κ1) is 14.8. The molecule has 2 N–H and O–H groups in total. The molecule has 0 saturated carbocycles. The van der Waals surface area contributed by atoms with Gasteiger partial charge in [0.1, 0.15) is 0 Å². The Bertz CT molecular complexity index is 512. The summed E-state index contributed by atoms with van der Waals surface area (Å²) in [7, 11) is 0. The van der Waals surface area contributed by atoms with Crippen LogP contribution in [0.1, 0.15) is 42.5 Å². The number of rotatable bonds is 2.